The molecule has 1 aromatic carbocycles. The zero-order valence-electron chi connectivity index (χ0n) is 17.6. The van der Waals surface area contributed by atoms with Crippen molar-refractivity contribution in [1.29, 1.82) is 0 Å². The number of carbonyl (C=O) groups is 2. The molecule has 8 nitrogen and oxygen atoms in total. The fourth-order valence-corrected chi connectivity index (χ4v) is 3.17. The van der Waals surface area contributed by atoms with E-state index < -0.39 is 35.5 Å². The Labute approximate surface area is 182 Å². The van der Waals surface area contributed by atoms with Gasteiger partial charge < -0.3 is 30.2 Å². The molecule has 0 spiro atoms. The van der Waals surface area contributed by atoms with Crippen molar-refractivity contribution in [2.45, 2.75) is 25.0 Å². The first-order chi connectivity index (χ1) is 15.0. The second-order valence-electron chi connectivity index (χ2n) is 7.49. The lowest BCUT2D eigenvalue weighted by atomic mass is 9.92. The highest BCUT2D eigenvalue weighted by Crippen LogP contribution is 2.38. The van der Waals surface area contributed by atoms with Crippen molar-refractivity contribution in [1.82, 2.24) is 10.2 Å². The Hall–Kier alpha value is -3.66. The second kappa shape index (κ2) is 8.46. The van der Waals surface area contributed by atoms with Crippen molar-refractivity contribution >= 4 is 17.4 Å². The molecule has 1 heterocycles. The number of alkyl halides is 2. The maximum atomic E-state index is 14.6. The molecule has 0 saturated heterocycles. The van der Waals surface area contributed by atoms with Gasteiger partial charge in [0.25, 0.3) is 11.8 Å². The highest BCUT2D eigenvalue weighted by Gasteiger charge is 2.46. The van der Waals surface area contributed by atoms with Crippen LogP contribution in [0, 0.1) is 6.92 Å². The number of furan rings is 1. The zero-order chi connectivity index (χ0) is 23.8. The molecule has 0 fully saturated rings. The number of ketones is 1. The summed E-state index contributed by atoms with van der Waals surface area (Å²) in [6.45, 7) is 4.73. The van der Waals surface area contributed by atoms with Crippen LogP contribution >= 0.6 is 0 Å². The molecule has 0 aliphatic heterocycles. The van der Waals surface area contributed by atoms with Gasteiger partial charge in [0, 0.05) is 14.1 Å². The Kier molecular flexibility index (Phi) is 6.09. The normalized spacial score (nSPS) is 16.9. The van der Waals surface area contributed by atoms with Crippen LogP contribution in [0.25, 0.3) is 0 Å². The molecule has 1 aliphatic carbocycles. The molecule has 2 atom stereocenters. The van der Waals surface area contributed by atoms with Crippen molar-refractivity contribution in [3.63, 3.8) is 0 Å². The van der Waals surface area contributed by atoms with Crippen LogP contribution in [-0.2, 0) is 4.79 Å². The molecule has 170 valence electrons. The number of amides is 1. The van der Waals surface area contributed by atoms with Crippen LogP contribution in [0.5, 0.6) is 5.75 Å². The maximum absolute atomic E-state index is 14.6. The number of phenolic OH excluding ortho intramolecular Hbond substituents is 1. The number of aryl methyl sites for hydroxylation is 1. The smallest absolute Gasteiger partial charge is 0.293 e. The molecule has 4 N–H and O–H groups in total. The number of benzene rings is 1. The van der Waals surface area contributed by atoms with E-state index in [9.17, 15) is 28.6 Å². The van der Waals surface area contributed by atoms with E-state index in [2.05, 4.69) is 17.2 Å². The number of Topliss-reactive ketones (excluding diaryl/α,β-unsaturated/α-hetero) is 1. The third-order valence-electron chi connectivity index (χ3n) is 4.97. The van der Waals surface area contributed by atoms with Gasteiger partial charge in [-0.3, -0.25) is 9.59 Å². The number of carbonyl (C=O) groups excluding carboxylic acids is 2. The third-order valence-corrected chi connectivity index (χ3v) is 4.97. The Morgan fingerprint density at radius 1 is 1.31 bits per heavy atom. The fourth-order valence-electron chi connectivity index (χ4n) is 3.17. The summed E-state index contributed by atoms with van der Waals surface area (Å²) in [5.41, 5.74) is -0.438. The van der Waals surface area contributed by atoms with E-state index in [1.807, 2.05) is 0 Å². The highest BCUT2D eigenvalue weighted by atomic mass is 19.3. The summed E-state index contributed by atoms with van der Waals surface area (Å²) in [5.74, 6) is -4.94. The van der Waals surface area contributed by atoms with Gasteiger partial charge in [0.05, 0.1) is 16.9 Å². The maximum Gasteiger partial charge on any atom is 0.293 e. The molecule has 1 aliphatic rings. The number of aliphatic hydroxyl groups is 1. The number of anilines is 1. The van der Waals surface area contributed by atoms with Crippen LogP contribution < -0.4 is 10.6 Å². The number of hydrogen-bond donors (Lipinski definition) is 4. The average molecular weight is 447 g/mol. The Balaban J connectivity index is 1.97. The monoisotopic (exact) mass is 447 g/mol. The van der Waals surface area contributed by atoms with E-state index in [1.54, 1.807) is 6.92 Å². The minimum Gasteiger partial charge on any atom is -0.505 e. The fraction of sp³-hybridized carbons (Fsp3) is 0.273. The van der Waals surface area contributed by atoms with Crippen molar-refractivity contribution in [3.8, 4) is 5.75 Å². The van der Waals surface area contributed by atoms with Gasteiger partial charge in [0.2, 0.25) is 5.78 Å². The molecule has 1 aromatic heterocycles. The van der Waals surface area contributed by atoms with E-state index in [1.165, 1.54) is 49.3 Å². The van der Waals surface area contributed by atoms with E-state index in [0.29, 0.717) is 11.8 Å². The van der Waals surface area contributed by atoms with Crippen LogP contribution in [-0.4, -0.2) is 52.9 Å². The SMILES string of the molecule is C=CC(F)(F)C(NC1=C(Nc2cccc(C(=O)N(C)C)c2O)[C@@H](O)C1=O)c1ccc(C)o1. The van der Waals surface area contributed by atoms with E-state index >= 15 is 0 Å². The summed E-state index contributed by atoms with van der Waals surface area (Å²) in [6.07, 6.45) is -1.20. The predicted octanol–water partition coefficient (Wildman–Crippen LogP) is 2.71. The van der Waals surface area contributed by atoms with E-state index in [4.69, 9.17) is 4.42 Å². The molecular formula is C22H23F2N3O5. The molecule has 0 radical (unpaired) electrons. The first-order valence-corrected chi connectivity index (χ1v) is 9.59. The lowest BCUT2D eigenvalue weighted by Gasteiger charge is -2.34. The standard InChI is InChI=1S/C22H23F2N3O5/c1-5-22(23,24)20(14-10-9-11(2)32-14)26-16-15(18(29)19(16)30)25-13-8-6-7-12(17(13)28)21(31)27(3)4/h5-10,18,20,25-26,28-29H,1H2,2-4H3/t18-,20?/m1/s1. The van der Waals surface area contributed by atoms with Gasteiger partial charge in [-0.2, -0.15) is 8.78 Å². The summed E-state index contributed by atoms with van der Waals surface area (Å²) in [4.78, 5) is 25.8. The number of nitrogens with zero attached hydrogens (tertiary/aromatic N) is 1. The summed E-state index contributed by atoms with van der Waals surface area (Å²) >= 11 is 0. The molecule has 10 heteroatoms. The van der Waals surface area contributed by atoms with Crippen LogP contribution in [0.1, 0.15) is 27.9 Å². The first kappa shape index (κ1) is 23.0. The van der Waals surface area contributed by atoms with Gasteiger partial charge in [-0.25, -0.2) is 0 Å². The Morgan fingerprint density at radius 2 is 2.00 bits per heavy atom. The summed E-state index contributed by atoms with van der Waals surface area (Å²) in [5, 5.41) is 25.7. The first-order valence-electron chi connectivity index (χ1n) is 9.59. The van der Waals surface area contributed by atoms with Crippen LogP contribution in [0.3, 0.4) is 0 Å². The molecule has 0 saturated carbocycles. The van der Waals surface area contributed by atoms with Crippen molar-refractivity contribution < 1.29 is 33.0 Å². The predicted molar refractivity (Wildman–Crippen MR) is 112 cm³/mol. The van der Waals surface area contributed by atoms with Crippen LogP contribution in [0.15, 0.2) is 58.8 Å². The lowest BCUT2D eigenvalue weighted by molar-refractivity contribution is -0.125. The molecule has 0 bridgehead atoms. The molecule has 2 aromatic rings. The van der Waals surface area contributed by atoms with Crippen molar-refractivity contribution in [3.05, 3.63) is 71.5 Å². The molecule has 1 amide bonds. The van der Waals surface area contributed by atoms with Gasteiger partial charge in [0.1, 0.15) is 17.2 Å². The minimum absolute atomic E-state index is 0.0134. The van der Waals surface area contributed by atoms with Crippen molar-refractivity contribution in [2.75, 3.05) is 19.4 Å². The largest absolute Gasteiger partial charge is 0.505 e. The summed E-state index contributed by atoms with van der Waals surface area (Å²) in [7, 11) is 3.02. The lowest BCUT2D eigenvalue weighted by Crippen LogP contribution is -2.49. The zero-order valence-corrected chi connectivity index (χ0v) is 17.6. The van der Waals surface area contributed by atoms with Gasteiger partial charge in [-0.15, -0.1) is 0 Å². The second-order valence-corrected chi connectivity index (χ2v) is 7.49. The van der Waals surface area contributed by atoms with Gasteiger partial charge in [-0.1, -0.05) is 12.6 Å². The Morgan fingerprint density at radius 3 is 2.56 bits per heavy atom. The van der Waals surface area contributed by atoms with Gasteiger partial charge in [0.15, 0.2) is 17.9 Å². The third kappa shape index (κ3) is 4.09. The number of para-hydroxylation sites is 1. The average Bonchev–Trinajstić information content (AvgIpc) is 3.18. The molecular weight excluding hydrogens is 424 g/mol. The van der Waals surface area contributed by atoms with Gasteiger partial charge >= 0.3 is 0 Å². The minimum atomic E-state index is -3.50. The molecule has 1 unspecified atom stereocenters. The quantitative estimate of drug-likeness (QED) is 0.363. The highest BCUT2D eigenvalue weighted by molar-refractivity contribution is 6.09. The molecule has 32 heavy (non-hydrogen) atoms. The van der Waals surface area contributed by atoms with Gasteiger partial charge in [-0.05, 0) is 37.3 Å². The van der Waals surface area contributed by atoms with E-state index in [0.717, 1.165) is 0 Å². The number of nitrogens with one attached hydrogen (secondary N) is 2. The van der Waals surface area contributed by atoms with E-state index in [-0.39, 0.29) is 28.4 Å². The van der Waals surface area contributed by atoms with Crippen LogP contribution in [0.4, 0.5) is 14.5 Å². The summed E-state index contributed by atoms with van der Waals surface area (Å²) < 4.78 is 34.4. The number of hydrogen-bond acceptors (Lipinski definition) is 7. The number of rotatable bonds is 8. The van der Waals surface area contributed by atoms with Crippen molar-refractivity contribution in [2.24, 2.45) is 0 Å². The van der Waals surface area contributed by atoms with Crippen LogP contribution in [0.2, 0.25) is 0 Å². The summed E-state index contributed by atoms with van der Waals surface area (Å²) in [6, 6.07) is 5.37. The number of aromatic hydroxyl groups is 1. The number of halogens is 2. The topological polar surface area (TPSA) is 115 Å². The molecule has 3 rings (SSSR count). The number of aliphatic hydroxyl groups excluding tert-OH is 1. The Bertz CT molecular complexity index is 1110. The number of phenols is 1.